The molecule has 0 heterocycles. The first kappa shape index (κ1) is 28.5. The van der Waals surface area contributed by atoms with E-state index in [0.717, 1.165) is 0 Å². The van der Waals surface area contributed by atoms with Gasteiger partial charge in [0.2, 0.25) is 0 Å². The Kier molecular flexibility index (Phi) is 11.6. The van der Waals surface area contributed by atoms with Crippen LogP contribution in [0.15, 0.2) is 48.5 Å². The van der Waals surface area contributed by atoms with E-state index in [1.165, 1.54) is 0 Å². The predicted molar refractivity (Wildman–Crippen MR) is 133 cm³/mol. The van der Waals surface area contributed by atoms with E-state index in [1.54, 1.807) is 76.2 Å². The van der Waals surface area contributed by atoms with Gasteiger partial charge < -0.3 is 18.1 Å². The smallest absolute Gasteiger partial charge is 0.308 e. The van der Waals surface area contributed by atoms with Crippen LogP contribution in [0.4, 0.5) is 0 Å². The van der Waals surface area contributed by atoms with Crippen molar-refractivity contribution in [3.63, 3.8) is 0 Å². The number of rotatable bonds is 14. The zero-order chi connectivity index (χ0) is 24.5. The Morgan fingerprint density at radius 2 is 0.909 bits per heavy atom. The monoisotopic (exact) mass is 537 g/mol. The quantitative estimate of drug-likeness (QED) is 0.246. The third kappa shape index (κ3) is 7.63. The summed E-state index contributed by atoms with van der Waals surface area (Å²) in [5, 5.41) is 4.27. The molecule has 2 rings (SSSR count). The average Bonchev–Trinajstić information content (AvgIpc) is 2.77. The van der Waals surface area contributed by atoms with Crippen LogP contribution in [0, 0.1) is 0 Å². The van der Waals surface area contributed by atoms with Gasteiger partial charge in [0.1, 0.15) is 11.6 Å². The second-order valence-electron chi connectivity index (χ2n) is 6.83. The topological polar surface area (TPSA) is 83.1 Å². The van der Waals surface area contributed by atoms with E-state index < -0.39 is 26.8 Å². The van der Waals surface area contributed by atoms with Crippen LogP contribution in [0.1, 0.15) is 50.4 Å². The SMILES string of the molecule is CCOP(=O)(OCC)C(NC(c1ccc(Cl)cc1)P(=O)(OCC)OCC)c1ccc(Cl)cc1. The van der Waals surface area contributed by atoms with E-state index in [0.29, 0.717) is 21.2 Å². The van der Waals surface area contributed by atoms with Crippen molar-refractivity contribution in [1.29, 1.82) is 0 Å². The highest BCUT2D eigenvalue weighted by atomic mass is 35.5. The van der Waals surface area contributed by atoms with Crippen LogP contribution in [0.2, 0.25) is 10.0 Å². The summed E-state index contributed by atoms with van der Waals surface area (Å²) < 4.78 is 50.5. The summed E-state index contributed by atoms with van der Waals surface area (Å²) in [4.78, 5) is 0. The molecule has 0 bridgehead atoms. The Morgan fingerprint density at radius 3 is 1.15 bits per heavy atom. The van der Waals surface area contributed by atoms with Gasteiger partial charge in [0, 0.05) is 10.0 Å². The zero-order valence-electron chi connectivity index (χ0n) is 19.2. The maximum atomic E-state index is 13.9. The molecule has 0 spiro atoms. The molecule has 2 aromatic rings. The average molecular weight is 538 g/mol. The Balaban J connectivity index is 2.66. The maximum absolute atomic E-state index is 13.9. The van der Waals surface area contributed by atoms with Crippen LogP contribution < -0.4 is 5.32 Å². The molecule has 1 N–H and O–H groups in total. The lowest BCUT2D eigenvalue weighted by Gasteiger charge is -2.34. The van der Waals surface area contributed by atoms with Gasteiger partial charge in [-0.25, -0.2) is 0 Å². The van der Waals surface area contributed by atoms with Gasteiger partial charge in [-0.05, 0) is 63.1 Å². The normalized spacial score (nSPS) is 14.2. The van der Waals surface area contributed by atoms with E-state index >= 15 is 0 Å². The minimum Gasteiger partial charge on any atom is -0.308 e. The number of halogens is 2. The summed E-state index contributed by atoms with van der Waals surface area (Å²) in [5.41, 5.74) is 1.17. The van der Waals surface area contributed by atoms with Crippen LogP contribution in [-0.4, -0.2) is 26.4 Å². The summed E-state index contributed by atoms with van der Waals surface area (Å²) in [6, 6.07) is 13.6. The minimum absolute atomic E-state index is 0.156. The van der Waals surface area contributed by atoms with Crippen molar-refractivity contribution >= 4 is 38.4 Å². The Labute approximate surface area is 206 Å². The van der Waals surface area contributed by atoms with Gasteiger partial charge in [0.25, 0.3) is 0 Å². The van der Waals surface area contributed by atoms with E-state index in [1.807, 2.05) is 0 Å². The molecule has 2 unspecified atom stereocenters. The Morgan fingerprint density at radius 1 is 0.636 bits per heavy atom. The molecule has 0 amide bonds. The summed E-state index contributed by atoms with van der Waals surface area (Å²) in [6.07, 6.45) is 0. The van der Waals surface area contributed by atoms with Gasteiger partial charge >= 0.3 is 15.2 Å². The van der Waals surface area contributed by atoms with E-state index in [9.17, 15) is 9.13 Å². The van der Waals surface area contributed by atoms with Crippen LogP contribution in [0.25, 0.3) is 0 Å². The molecule has 11 heteroatoms. The molecule has 0 aliphatic heterocycles. The molecule has 7 nitrogen and oxygen atoms in total. The third-order valence-corrected chi connectivity index (χ3v) is 9.69. The maximum Gasteiger partial charge on any atom is 0.351 e. The molecule has 184 valence electrons. The molecular weight excluding hydrogens is 507 g/mol. The zero-order valence-corrected chi connectivity index (χ0v) is 22.5. The van der Waals surface area contributed by atoms with Crippen LogP contribution >= 0.6 is 38.4 Å². The van der Waals surface area contributed by atoms with Crippen molar-refractivity contribution in [2.75, 3.05) is 26.4 Å². The van der Waals surface area contributed by atoms with E-state index in [4.69, 9.17) is 41.3 Å². The molecule has 0 fully saturated rings. The molecule has 2 aromatic carbocycles. The lowest BCUT2D eigenvalue weighted by molar-refractivity contribution is 0.196. The van der Waals surface area contributed by atoms with Crippen LogP contribution in [0.3, 0.4) is 0 Å². The van der Waals surface area contributed by atoms with Crippen molar-refractivity contribution < 1.29 is 27.2 Å². The first-order valence-electron chi connectivity index (χ1n) is 10.8. The lowest BCUT2D eigenvalue weighted by atomic mass is 10.2. The van der Waals surface area contributed by atoms with E-state index in [-0.39, 0.29) is 26.4 Å². The molecule has 33 heavy (non-hydrogen) atoms. The second-order valence-corrected chi connectivity index (χ2v) is 11.9. The first-order valence-corrected chi connectivity index (χ1v) is 14.7. The highest BCUT2D eigenvalue weighted by Crippen LogP contribution is 2.65. The van der Waals surface area contributed by atoms with Gasteiger partial charge in [0.05, 0.1) is 26.4 Å². The number of nitrogens with one attached hydrogen (secondary N) is 1. The highest BCUT2D eigenvalue weighted by molar-refractivity contribution is 7.55. The molecular formula is C22H31Cl2NO6P2. The minimum atomic E-state index is -3.77. The molecule has 0 aromatic heterocycles. The van der Waals surface area contributed by atoms with Crippen LogP contribution in [0.5, 0.6) is 0 Å². The van der Waals surface area contributed by atoms with Gasteiger partial charge in [-0.2, -0.15) is 0 Å². The van der Waals surface area contributed by atoms with Crippen LogP contribution in [-0.2, 0) is 27.2 Å². The molecule has 0 saturated heterocycles. The largest absolute Gasteiger partial charge is 0.351 e. The molecule has 0 aliphatic rings. The van der Waals surface area contributed by atoms with Crippen molar-refractivity contribution in [2.45, 2.75) is 39.3 Å². The highest BCUT2D eigenvalue weighted by Gasteiger charge is 2.44. The Hall–Kier alpha value is -0.720. The van der Waals surface area contributed by atoms with Crippen molar-refractivity contribution in [1.82, 2.24) is 5.32 Å². The van der Waals surface area contributed by atoms with Gasteiger partial charge in [-0.1, -0.05) is 47.5 Å². The first-order chi connectivity index (χ1) is 15.7. The van der Waals surface area contributed by atoms with Gasteiger partial charge in [0.15, 0.2) is 0 Å². The fourth-order valence-electron chi connectivity index (χ4n) is 3.27. The summed E-state index contributed by atoms with van der Waals surface area (Å²) in [7, 11) is -7.54. The molecule has 2 atom stereocenters. The predicted octanol–water partition coefficient (Wildman–Crippen LogP) is 7.81. The number of benzene rings is 2. The molecule has 0 saturated carbocycles. The van der Waals surface area contributed by atoms with Crippen molar-refractivity contribution in [3.05, 3.63) is 69.7 Å². The number of hydrogen-bond acceptors (Lipinski definition) is 7. The fourth-order valence-corrected chi connectivity index (χ4v) is 7.56. The fraction of sp³-hybridized carbons (Fsp3) is 0.455. The molecule has 0 aliphatic carbocycles. The van der Waals surface area contributed by atoms with Crippen molar-refractivity contribution in [3.8, 4) is 0 Å². The lowest BCUT2D eigenvalue weighted by Crippen LogP contribution is -2.29. The second kappa shape index (κ2) is 13.4. The number of hydrogen-bond donors (Lipinski definition) is 1. The summed E-state index contributed by atoms with van der Waals surface area (Å²) >= 11 is 12.2. The molecule has 0 radical (unpaired) electrons. The van der Waals surface area contributed by atoms with Crippen molar-refractivity contribution in [2.24, 2.45) is 0 Å². The Bertz CT molecular complexity index is 861. The standard InChI is InChI=1S/C22H31Cl2NO6P2/c1-5-28-32(26,29-6-2)21(17-9-13-19(23)14-10-17)25-22(18-11-15-20(24)16-12-18)33(27,30-7-3)31-8-4/h9-16,21-22,25H,5-8H2,1-4H3. The summed E-state index contributed by atoms with van der Waals surface area (Å²) in [5.74, 6) is -1.96. The summed E-state index contributed by atoms with van der Waals surface area (Å²) in [6.45, 7) is 7.54. The third-order valence-electron chi connectivity index (χ3n) is 4.56. The van der Waals surface area contributed by atoms with Gasteiger partial charge in [-0.3, -0.25) is 14.4 Å². The van der Waals surface area contributed by atoms with Gasteiger partial charge in [-0.15, -0.1) is 0 Å². The van der Waals surface area contributed by atoms with E-state index in [2.05, 4.69) is 5.32 Å².